The topological polar surface area (TPSA) is 124 Å². The maximum Gasteiger partial charge on any atom is 0.189 e. The van der Waals surface area contributed by atoms with Crippen LogP contribution in [0, 0.1) is 0 Å². The Morgan fingerprint density at radius 2 is 1.49 bits per heavy atom. The highest BCUT2D eigenvalue weighted by atomic mass is 16.5. The molecule has 0 saturated carbocycles. The second-order valence-corrected chi connectivity index (χ2v) is 8.41. The Morgan fingerprint density at radius 1 is 0.838 bits per heavy atom. The van der Waals surface area contributed by atoms with Gasteiger partial charge < -0.3 is 25.2 Å². The number of methoxy groups -OCH3 is 1. The van der Waals surface area contributed by atoms with E-state index >= 15 is 0 Å². The monoisotopic (exact) mass is 500 g/mol. The molecule has 0 atom stereocenters. The number of phenols is 4. The minimum absolute atomic E-state index is 0.00962. The van der Waals surface area contributed by atoms with Gasteiger partial charge in [0.15, 0.2) is 23.1 Å². The van der Waals surface area contributed by atoms with Crippen LogP contribution in [0.1, 0.15) is 40.4 Å². The van der Waals surface area contributed by atoms with Crippen LogP contribution in [0.25, 0.3) is 12.2 Å². The lowest BCUT2D eigenvalue weighted by molar-refractivity contribution is -0.113. The number of aromatic hydroxyl groups is 4. The average Bonchev–Trinajstić information content (AvgIpc) is 2.87. The Bertz CT molecular complexity index is 1380. The summed E-state index contributed by atoms with van der Waals surface area (Å²) in [6.45, 7) is 1.76. The van der Waals surface area contributed by atoms with Crippen molar-refractivity contribution in [3.05, 3.63) is 101 Å². The predicted octanol–water partition coefficient (Wildman–Crippen LogP) is 5.58. The fraction of sp³-hybridized carbons (Fsp3) is 0.133. The molecule has 0 aromatic heterocycles. The number of ether oxygens (including phenoxy) is 1. The third-order valence-electron chi connectivity index (χ3n) is 5.62. The highest BCUT2D eigenvalue weighted by molar-refractivity contribution is 6.09. The molecule has 7 heteroatoms. The Kier molecular flexibility index (Phi) is 8.89. The first-order valence-corrected chi connectivity index (χ1v) is 11.5. The molecular formula is C30H28O7. The van der Waals surface area contributed by atoms with Gasteiger partial charge in [0.05, 0.1) is 12.7 Å². The highest BCUT2D eigenvalue weighted by Crippen LogP contribution is 2.32. The van der Waals surface area contributed by atoms with Crippen LogP contribution in [0.15, 0.2) is 78.4 Å². The molecule has 0 amide bonds. The molecule has 7 nitrogen and oxygen atoms in total. The fourth-order valence-corrected chi connectivity index (χ4v) is 3.54. The van der Waals surface area contributed by atoms with Gasteiger partial charge in [0.25, 0.3) is 0 Å². The van der Waals surface area contributed by atoms with E-state index < -0.39 is 5.78 Å². The van der Waals surface area contributed by atoms with Crippen molar-refractivity contribution in [1.29, 1.82) is 0 Å². The summed E-state index contributed by atoms with van der Waals surface area (Å²) in [7, 11) is 1.44. The van der Waals surface area contributed by atoms with Crippen LogP contribution < -0.4 is 4.74 Å². The largest absolute Gasteiger partial charge is 0.508 e. The standard InChI is InChI=1S/C30H28O7/c1-19(17-23(32)11-6-21-8-15-28(35)29(18-21)37-2)3-12-24-27(34)16-13-25(30(24)36)26(33)14-7-20-4-9-22(31)10-5-20/h3-11,13-16,18,31,34-36H,12,17H2,1-2H3/b11-6+,14-7+,19-3-. The molecular weight excluding hydrogens is 472 g/mol. The van der Waals surface area contributed by atoms with Crippen LogP contribution in [-0.2, 0) is 11.2 Å². The van der Waals surface area contributed by atoms with E-state index in [0.717, 1.165) is 5.57 Å². The van der Waals surface area contributed by atoms with Gasteiger partial charge in [-0.05, 0) is 73.0 Å². The first kappa shape index (κ1) is 26.8. The minimum atomic E-state index is -0.446. The van der Waals surface area contributed by atoms with Gasteiger partial charge in [-0.2, -0.15) is 0 Å². The van der Waals surface area contributed by atoms with Crippen molar-refractivity contribution in [3.8, 4) is 28.7 Å². The van der Waals surface area contributed by atoms with Crippen LogP contribution in [0.2, 0.25) is 0 Å². The summed E-state index contributed by atoms with van der Waals surface area (Å²) in [6, 6.07) is 13.7. The van der Waals surface area contributed by atoms with Crippen molar-refractivity contribution in [3.63, 3.8) is 0 Å². The molecule has 0 spiro atoms. The molecule has 0 aliphatic rings. The molecule has 3 rings (SSSR count). The lowest BCUT2D eigenvalue weighted by atomic mass is 9.99. The number of carbonyl (C=O) groups is 2. The van der Waals surface area contributed by atoms with Gasteiger partial charge in [0.2, 0.25) is 0 Å². The normalized spacial score (nSPS) is 11.8. The van der Waals surface area contributed by atoms with E-state index in [0.29, 0.717) is 16.9 Å². The Labute approximate surface area is 214 Å². The SMILES string of the molecule is COc1cc(/C=C/C(=O)C/C(C)=C\Cc2c(O)ccc(C(=O)/C=C/c3ccc(O)cc3)c2O)ccc1O. The van der Waals surface area contributed by atoms with Gasteiger partial charge in [0.1, 0.15) is 17.2 Å². The van der Waals surface area contributed by atoms with Crippen molar-refractivity contribution in [2.45, 2.75) is 19.8 Å². The zero-order valence-electron chi connectivity index (χ0n) is 20.5. The molecule has 0 fully saturated rings. The quantitative estimate of drug-likeness (QED) is 0.163. The van der Waals surface area contributed by atoms with Crippen molar-refractivity contribution in [2.75, 3.05) is 7.11 Å². The number of hydrogen-bond donors (Lipinski definition) is 4. The predicted molar refractivity (Wildman–Crippen MR) is 142 cm³/mol. The Balaban J connectivity index is 1.67. The number of benzene rings is 3. The van der Waals surface area contributed by atoms with Gasteiger partial charge >= 0.3 is 0 Å². The van der Waals surface area contributed by atoms with Gasteiger partial charge in [-0.1, -0.05) is 42.0 Å². The van der Waals surface area contributed by atoms with Crippen LogP contribution in [0.4, 0.5) is 0 Å². The van der Waals surface area contributed by atoms with Gasteiger partial charge in [-0.25, -0.2) is 0 Å². The molecule has 0 saturated heterocycles. The van der Waals surface area contributed by atoms with Crippen molar-refractivity contribution >= 4 is 23.7 Å². The second-order valence-electron chi connectivity index (χ2n) is 8.41. The summed E-state index contributed by atoms with van der Waals surface area (Å²) < 4.78 is 5.06. The zero-order valence-corrected chi connectivity index (χ0v) is 20.5. The number of carbonyl (C=O) groups excluding carboxylic acids is 2. The molecule has 0 aliphatic heterocycles. The number of allylic oxidation sites excluding steroid dienone is 4. The fourth-order valence-electron chi connectivity index (χ4n) is 3.54. The van der Waals surface area contributed by atoms with E-state index in [2.05, 4.69) is 0 Å². The molecule has 0 aliphatic carbocycles. The summed E-state index contributed by atoms with van der Waals surface area (Å²) in [4.78, 5) is 25.0. The lowest BCUT2D eigenvalue weighted by Crippen LogP contribution is -1.99. The van der Waals surface area contributed by atoms with Crippen LogP contribution in [0.5, 0.6) is 28.7 Å². The molecule has 0 unspecified atom stereocenters. The molecule has 3 aromatic carbocycles. The third-order valence-corrected chi connectivity index (χ3v) is 5.62. The van der Waals surface area contributed by atoms with Crippen molar-refractivity contribution < 1.29 is 34.8 Å². The second kappa shape index (κ2) is 12.3. The maximum absolute atomic E-state index is 12.6. The highest BCUT2D eigenvalue weighted by Gasteiger charge is 2.15. The van der Waals surface area contributed by atoms with E-state index in [1.807, 2.05) is 0 Å². The summed E-state index contributed by atoms with van der Waals surface area (Å²) in [5.74, 6) is -0.651. The first-order chi connectivity index (χ1) is 17.7. The summed E-state index contributed by atoms with van der Waals surface area (Å²) in [5.41, 5.74) is 2.34. The summed E-state index contributed by atoms with van der Waals surface area (Å²) in [6.07, 6.45) is 7.88. The first-order valence-electron chi connectivity index (χ1n) is 11.5. The summed E-state index contributed by atoms with van der Waals surface area (Å²) >= 11 is 0. The molecule has 4 N–H and O–H groups in total. The van der Waals surface area contributed by atoms with E-state index in [1.54, 1.807) is 49.4 Å². The minimum Gasteiger partial charge on any atom is -0.508 e. The average molecular weight is 501 g/mol. The molecule has 0 bridgehead atoms. The van der Waals surface area contributed by atoms with E-state index in [1.165, 1.54) is 49.6 Å². The number of hydrogen-bond acceptors (Lipinski definition) is 7. The van der Waals surface area contributed by atoms with E-state index in [9.17, 15) is 30.0 Å². The zero-order chi connectivity index (χ0) is 26.9. The van der Waals surface area contributed by atoms with Gasteiger partial charge in [-0.3, -0.25) is 9.59 Å². The van der Waals surface area contributed by atoms with E-state index in [4.69, 9.17) is 4.74 Å². The van der Waals surface area contributed by atoms with Crippen molar-refractivity contribution in [1.82, 2.24) is 0 Å². The summed E-state index contributed by atoms with van der Waals surface area (Å²) in [5, 5.41) is 39.9. The smallest absolute Gasteiger partial charge is 0.189 e. The van der Waals surface area contributed by atoms with Crippen LogP contribution >= 0.6 is 0 Å². The van der Waals surface area contributed by atoms with Crippen LogP contribution in [-0.4, -0.2) is 39.1 Å². The molecule has 190 valence electrons. The lowest BCUT2D eigenvalue weighted by Gasteiger charge is -2.09. The Morgan fingerprint density at radius 3 is 2.19 bits per heavy atom. The molecule has 0 radical (unpaired) electrons. The van der Waals surface area contributed by atoms with Crippen LogP contribution in [0.3, 0.4) is 0 Å². The molecule has 37 heavy (non-hydrogen) atoms. The van der Waals surface area contributed by atoms with Gasteiger partial charge in [-0.15, -0.1) is 0 Å². The maximum atomic E-state index is 12.6. The number of ketones is 2. The van der Waals surface area contributed by atoms with E-state index in [-0.39, 0.29) is 52.7 Å². The molecule has 3 aromatic rings. The molecule has 0 heterocycles. The van der Waals surface area contributed by atoms with Crippen molar-refractivity contribution in [2.24, 2.45) is 0 Å². The Hall–Kier alpha value is -4.78. The number of phenolic OH excluding ortho intramolecular Hbond substituents is 4. The third kappa shape index (κ3) is 7.35. The van der Waals surface area contributed by atoms with Gasteiger partial charge in [0, 0.05) is 12.0 Å². The number of rotatable bonds is 10.